The molecule has 0 saturated heterocycles. The van der Waals surface area contributed by atoms with Crippen LogP contribution in [0.3, 0.4) is 0 Å². The van der Waals surface area contributed by atoms with E-state index in [1.807, 2.05) is 0 Å². The van der Waals surface area contributed by atoms with E-state index in [2.05, 4.69) is 19.4 Å². The van der Waals surface area contributed by atoms with Crippen LogP contribution >= 0.6 is 11.6 Å². The molecule has 2 rings (SSSR count). The van der Waals surface area contributed by atoms with Gasteiger partial charge in [-0.3, -0.25) is 15.4 Å². The van der Waals surface area contributed by atoms with E-state index in [1.165, 1.54) is 31.4 Å². The van der Waals surface area contributed by atoms with Crippen LogP contribution < -0.4 is 14.8 Å². The zero-order chi connectivity index (χ0) is 20.9. The van der Waals surface area contributed by atoms with Crippen LogP contribution in [-0.2, 0) is 9.92 Å². The second-order valence-corrected chi connectivity index (χ2v) is 7.44. The number of para-hydroxylation sites is 1. The molecule has 0 spiro atoms. The first-order chi connectivity index (χ1) is 13.3. The highest BCUT2D eigenvalue weighted by Gasteiger charge is 2.25. The summed E-state index contributed by atoms with van der Waals surface area (Å²) in [7, 11) is -1.25. The average Bonchev–Trinajstić information content (AvgIpc) is 2.67. The monoisotopic (exact) mass is 424 g/mol. The average molecular weight is 425 g/mol. The molecule has 13 heteroatoms. The van der Waals surface area contributed by atoms with Crippen LogP contribution in [0.15, 0.2) is 39.6 Å². The van der Waals surface area contributed by atoms with Crippen molar-refractivity contribution < 1.29 is 18.7 Å². The van der Waals surface area contributed by atoms with Crippen molar-refractivity contribution in [1.82, 2.24) is 9.71 Å². The lowest BCUT2D eigenvalue weighted by molar-refractivity contribution is -0.387. The van der Waals surface area contributed by atoms with Crippen molar-refractivity contribution >= 4 is 39.1 Å². The molecule has 146 valence electrons. The lowest BCUT2D eigenvalue weighted by Gasteiger charge is -2.13. The first-order valence-corrected chi connectivity index (χ1v) is 9.27. The van der Waals surface area contributed by atoms with Crippen molar-refractivity contribution in [2.75, 3.05) is 19.5 Å². The Morgan fingerprint density at radius 1 is 1.46 bits per heavy atom. The molecule has 0 bridgehead atoms. The van der Waals surface area contributed by atoms with Gasteiger partial charge in [0.05, 0.1) is 17.1 Å². The molecule has 1 heterocycles. The molecular weight excluding hydrogens is 412 g/mol. The number of hydrogen-bond donors (Lipinski definition) is 2. The number of anilines is 1. The molecule has 1 atom stereocenters. The Morgan fingerprint density at radius 2 is 2.14 bits per heavy atom. The zero-order valence-corrected chi connectivity index (χ0v) is 16.1. The van der Waals surface area contributed by atoms with Crippen molar-refractivity contribution in [2.45, 2.75) is 4.90 Å². The number of hydrogen-bond acceptors (Lipinski definition) is 8. The van der Waals surface area contributed by atoms with E-state index in [1.54, 1.807) is 6.07 Å². The molecule has 0 fully saturated rings. The summed E-state index contributed by atoms with van der Waals surface area (Å²) in [5, 5.41) is 22.6. The van der Waals surface area contributed by atoms with Gasteiger partial charge in [-0.1, -0.05) is 23.7 Å². The number of halogens is 1. The van der Waals surface area contributed by atoms with E-state index in [4.69, 9.17) is 16.3 Å². The standard InChI is InChI=1S/C15H13ClN6O5S/c1-18-28(26,12-6-4-3-5-11(12)22(24)25)21-15(23)20-14-9(8-17)10(16)7-13(19-14)27-2/h3-7H,1-2H3,(H2,18,19,20,21,23,26). The maximum absolute atomic E-state index is 13.0. The summed E-state index contributed by atoms with van der Waals surface area (Å²) in [6.07, 6.45) is 0. The SMILES string of the molecule is CN=S(=O)(NC(=O)Nc1nc(OC)cc(Cl)c1C#N)c1ccccc1[N+](=O)[O-]. The number of urea groups is 1. The number of amides is 2. The number of carbonyl (C=O) groups is 1. The molecule has 2 aromatic rings. The third-order valence-electron chi connectivity index (χ3n) is 3.35. The first kappa shape index (κ1) is 20.9. The second-order valence-electron chi connectivity index (χ2n) is 4.97. The number of nitrogens with zero attached hydrogens (tertiary/aromatic N) is 4. The summed E-state index contributed by atoms with van der Waals surface area (Å²) in [6, 6.07) is 7.15. The summed E-state index contributed by atoms with van der Waals surface area (Å²) in [6.45, 7) is 0. The summed E-state index contributed by atoms with van der Waals surface area (Å²) in [5.41, 5.74) is -0.623. The third kappa shape index (κ3) is 4.27. The van der Waals surface area contributed by atoms with Gasteiger partial charge in [0.25, 0.3) is 5.69 Å². The normalized spacial score (nSPS) is 12.2. The fourth-order valence-electron chi connectivity index (χ4n) is 2.09. The molecule has 0 saturated carbocycles. The maximum Gasteiger partial charge on any atom is 0.333 e. The van der Waals surface area contributed by atoms with Gasteiger partial charge in [-0.25, -0.2) is 18.1 Å². The summed E-state index contributed by atoms with van der Waals surface area (Å²) in [4.78, 5) is 26.4. The minimum atomic E-state index is -3.70. The van der Waals surface area contributed by atoms with E-state index in [-0.39, 0.29) is 27.2 Å². The Labute approximate surface area is 164 Å². The van der Waals surface area contributed by atoms with Crippen LogP contribution in [0.4, 0.5) is 16.3 Å². The molecule has 0 radical (unpaired) electrons. The highest BCUT2D eigenvalue weighted by Crippen LogP contribution is 2.27. The van der Waals surface area contributed by atoms with E-state index < -0.39 is 26.6 Å². The smallest absolute Gasteiger partial charge is 0.333 e. The molecule has 0 aliphatic rings. The number of rotatable bonds is 5. The van der Waals surface area contributed by atoms with Crippen molar-refractivity contribution in [2.24, 2.45) is 4.36 Å². The Bertz CT molecular complexity index is 1110. The Hall–Kier alpha value is -3.43. The molecule has 2 N–H and O–H groups in total. The number of aromatic nitrogens is 1. The van der Waals surface area contributed by atoms with Gasteiger partial charge in [0.1, 0.15) is 16.5 Å². The number of nitro groups is 1. The molecule has 2 amide bonds. The minimum Gasteiger partial charge on any atom is -0.481 e. The van der Waals surface area contributed by atoms with Crippen LogP contribution in [0.5, 0.6) is 5.88 Å². The maximum atomic E-state index is 13.0. The Balaban J connectivity index is 2.40. The molecule has 1 unspecified atom stereocenters. The zero-order valence-electron chi connectivity index (χ0n) is 14.5. The summed E-state index contributed by atoms with van der Waals surface area (Å²) < 4.78 is 23.7. The third-order valence-corrected chi connectivity index (χ3v) is 5.56. The number of carbonyl (C=O) groups excluding carboxylic acids is 1. The molecule has 1 aromatic heterocycles. The number of nitro benzene ring substituents is 1. The van der Waals surface area contributed by atoms with Crippen molar-refractivity contribution in [3.63, 3.8) is 0 Å². The fraction of sp³-hybridized carbons (Fsp3) is 0.133. The lowest BCUT2D eigenvalue weighted by Crippen LogP contribution is -2.35. The Morgan fingerprint density at radius 3 is 2.71 bits per heavy atom. The predicted octanol–water partition coefficient (Wildman–Crippen LogP) is 2.72. The van der Waals surface area contributed by atoms with Gasteiger partial charge in [0.2, 0.25) is 5.88 Å². The number of nitriles is 1. The van der Waals surface area contributed by atoms with E-state index in [0.717, 1.165) is 13.1 Å². The van der Waals surface area contributed by atoms with Crippen LogP contribution in [0.25, 0.3) is 0 Å². The molecule has 1 aromatic carbocycles. The minimum absolute atomic E-state index is 0.0238. The summed E-state index contributed by atoms with van der Waals surface area (Å²) >= 11 is 5.94. The van der Waals surface area contributed by atoms with Crippen LogP contribution in [0, 0.1) is 21.4 Å². The Kier molecular flexibility index (Phi) is 6.34. The lowest BCUT2D eigenvalue weighted by atomic mass is 10.3. The topological polar surface area (TPSA) is 160 Å². The second kappa shape index (κ2) is 8.51. The van der Waals surface area contributed by atoms with Crippen LogP contribution in [-0.4, -0.2) is 34.3 Å². The quantitative estimate of drug-likeness (QED) is 0.551. The van der Waals surface area contributed by atoms with Crippen molar-refractivity contribution in [3.8, 4) is 11.9 Å². The molecule has 0 aliphatic carbocycles. The predicted molar refractivity (Wildman–Crippen MR) is 101 cm³/mol. The van der Waals surface area contributed by atoms with Crippen LogP contribution in [0.1, 0.15) is 5.56 Å². The van der Waals surface area contributed by atoms with Crippen molar-refractivity contribution in [1.29, 1.82) is 5.26 Å². The highest BCUT2D eigenvalue weighted by atomic mass is 35.5. The molecule has 28 heavy (non-hydrogen) atoms. The van der Waals surface area contributed by atoms with Gasteiger partial charge in [0.15, 0.2) is 15.7 Å². The highest BCUT2D eigenvalue weighted by molar-refractivity contribution is 7.92. The molecule has 11 nitrogen and oxygen atoms in total. The van der Waals surface area contributed by atoms with E-state index in [9.17, 15) is 24.4 Å². The van der Waals surface area contributed by atoms with Gasteiger partial charge in [-0.05, 0) is 6.07 Å². The van der Waals surface area contributed by atoms with E-state index >= 15 is 0 Å². The largest absolute Gasteiger partial charge is 0.481 e. The summed E-state index contributed by atoms with van der Waals surface area (Å²) in [5.74, 6) is -0.219. The fourth-order valence-corrected chi connectivity index (χ4v) is 3.71. The molecular formula is C15H13ClN6O5S. The van der Waals surface area contributed by atoms with Gasteiger partial charge in [-0.2, -0.15) is 10.2 Å². The van der Waals surface area contributed by atoms with Gasteiger partial charge in [0, 0.05) is 19.2 Å². The first-order valence-electron chi connectivity index (χ1n) is 7.37. The van der Waals surface area contributed by atoms with Gasteiger partial charge >= 0.3 is 6.03 Å². The number of pyridine rings is 1. The van der Waals surface area contributed by atoms with Gasteiger partial charge in [-0.15, -0.1) is 0 Å². The number of methoxy groups -OCH3 is 1. The number of nitrogens with one attached hydrogen (secondary N) is 2. The van der Waals surface area contributed by atoms with Crippen molar-refractivity contribution in [3.05, 3.63) is 51.0 Å². The van der Waals surface area contributed by atoms with E-state index in [0.29, 0.717) is 0 Å². The molecule has 0 aliphatic heterocycles. The van der Waals surface area contributed by atoms with Gasteiger partial charge < -0.3 is 4.74 Å². The number of ether oxygens (including phenoxy) is 1. The number of benzene rings is 1. The van der Waals surface area contributed by atoms with Crippen LogP contribution in [0.2, 0.25) is 5.02 Å².